The van der Waals surface area contributed by atoms with Crippen molar-refractivity contribution in [3.05, 3.63) is 53.7 Å². The van der Waals surface area contributed by atoms with Crippen LogP contribution in [0.4, 0.5) is 5.69 Å². The van der Waals surface area contributed by atoms with Crippen LogP contribution in [0, 0.1) is 6.92 Å². The number of primary amides is 1. The molecule has 3 aromatic rings. The van der Waals surface area contributed by atoms with E-state index in [1.165, 1.54) is 0 Å². The first kappa shape index (κ1) is 13.1. The van der Waals surface area contributed by atoms with Crippen LogP contribution in [0.5, 0.6) is 0 Å². The standard InChI is InChI=1S/C16H14N4O/c1-9-5-2-3-6-10(9)13-14-11(17)7-4-8-12(14)19-20-15(13)16(18)21/h2-8H,17H2,1H3,(H2,18,21). The summed E-state index contributed by atoms with van der Waals surface area (Å²) in [5.74, 6) is -0.620. The third-order valence-electron chi connectivity index (χ3n) is 3.47. The van der Waals surface area contributed by atoms with Crippen LogP contribution >= 0.6 is 0 Å². The highest BCUT2D eigenvalue weighted by atomic mass is 16.1. The van der Waals surface area contributed by atoms with Crippen LogP contribution < -0.4 is 11.5 Å². The van der Waals surface area contributed by atoms with Crippen molar-refractivity contribution in [1.29, 1.82) is 0 Å². The van der Waals surface area contributed by atoms with Crippen molar-refractivity contribution in [2.24, 2.45) is 5.73 Å². The molecule has 104 valence electrons. The lowest BCUT2D eigenvalue weighted by Crippen LogP contribution is -2.16. The Morgan fingerprint density at radius 3 is 2.52 bits per heavy atom. The predicted molar refractivity (Wildman–Crippen MR) is 82.6 cm³/mol. The minimum absolute atomic E-state index is 0.134. The highest BCUT2D eigenvalue weighted by Gasteiger charge is 2.19. The Morgan fingerprint density at radius 2 is 1.81 bits per heavy atom. The van der Waals surface area contributed by atoms with Crippen molar-refractivity contribution < 1.29 is 4.79 Å². The van der Waals surface area contributed by atoms with Gasteiger partial charge in [-0.15, -0.1) is 10.2 Å². The lowest BCUT2D eigenvalue weighted by Gasteiger charge is -2.13. The van der Waals surface area contributed by atoms with Gasteiger partial charge in [-0.25, -0.2) is 0 Å². The Bertz CT molecular complexity index is 858. The number of hydrogen-bond acceptors (Lipinski definition) is 4. The van der Waals surface area contributed by atoms with Gasteiger partial charge in [0.25, 0.3) is 5.91 Å². The molecule has 0 aliphatic heterocycles. The number of nitrogens with two attached hydrogens (primary N) is 2. The second-order valence-corrected chi connectivity index (χ2v) is 4.84. The number of aryl methyl sites for hydroxylation is 1. The summed E-state index contributed by atoms with van der Waals surface area (Å²) < 4.78 is 0. The van der Waals surface area contributed by atoms with Crippen LogP contribution in [0.3, 0.4) is 0 Å². The molecule has 0 aliphatic rings. The molecule has 0 spiro atoms. The molecule has 1 heterocycles. The first-order valence-electron chi connectivity index (χ1n) is 6.50. The van der Waals surface area contributed by atoms with Gasteiger partial charge in [-0.05, 0) is 30.2 Å². The van der Waals surface area contributed by atoms with Gasteiger partial charge < -0.3 is 11.5 Å². The maximum absolute atomic E-state index is 11.7. The first-order valence-corrected chi connectivity index (χ1v) is 6.50. The molecule has 1 amide bonds. The summed E-state index contributed by atoms with van der Waals surface area (Å²) in [6.07, 6.45) is 0. The molecule has 5 heteroatoms. The zero-order valence-corrected chi connectivity index (χ0v) is 11.5. The van der Waals surface area contributed by atoms with Gasteiger partial charge in [-0.2, -0.15) is 0 Å². The first-order chi connectivity index (χ1) is 10.1. The molecule has 0 bridgehead atoms. The molecule has 3 rings (SSSR count). The SMILES string of the molecule is Cc1ccccc1-c1c(C(N)=O)nnc2cccc(N)c12. The van der Waals surface area contributed by atoms with Crippen LogP contribution in [0.2, 0.25) is 0 Å². The summed E-state index contributed by atoms with van der Waals surface area (Å²) in [4.78, 5) is 11.7. The highest BCUT2D eigenvalue weighted by Crippen LogP contribution is 2.34. The van der Waals surface area contributed by atoms with E-state index in [1.807, 2.05) is 37.3 Å². The molecule has 0 saturated carbocycles. The lowest BCUT2D eigenvalue weighted by atomic mass is 9.94. The van der Waals surface area contributed by atoms with Gasteiger partial charge in [-0.1, -0.05) is 30.3 Å². The molecular weight excluding hydrogens is 264 g/mol. The highest BCUT2D eigenvalue weighted by molar-refractivity contribution is 6.10. The fourth-order valence-electron chi connectivity index (χ4n) is 2.47. The number of amides is 1. The van der Waals surface area contributed by atoms with E-state index >= 15 is 0 Å². The van der Waals surface area contributed by atoms with Gasteiger partial charge >= 0.3 is 0 Å². The van der Waals surface area contributed by atoms with Crippen LogP contribution in [0.15, 0.2) is 42.5 Å². The van der Waals surface area contributed by atoms with E-state index in [0.29, 0.717) is 22.2 Å². The second kappa shape index (κ2) is 4.86. The number of anilines is 1. The lowest BCUT2D eigenvalue weighted by molar-refractivity contribution is 0.0995. The molecule has 21 heavy (non-hydrogen) atoms. The van der Waals surface area contributed by atoms with Gasteiger partial charge in [0.05, 0.1) is 5.52 Å². The van der Waals surface area contributed by atoms with Gasteiger partial charge in [0.15, 0.2) is 5.69 Å². The van der Waals surface area contributed by atoms with Crippen LogP contribution in [-0.4, -0.2) is 16.1 Å². The molecule has 0 radical (unpaired) electrons. The number of carbonyl (C=O) groups excluding carboxylic acids is 1. The molecule has 1 aromatic heterocycles. The minimum Gasteiger partial charge on any atom is -0.398 e. The van der Waals surface area contributed by atoms with Crippen molar-refractivity contribution in [3.8, 4) is 11.1 Å². The summed E-state index contributed by atoms with van der Waals surface area (Å²) in [7, 11) is 0. The molecule has 5 nitrogen and oxygen atoms in total. The zero-order valence-electron chi connectivity index (χ0n) is 11.5. The Labute approximate surface area is 121 Å². The van der Waals surface area contributed by atoms with E-state index in [1.54, 1.807) is 12.1 Å². The third-order valence-corrected chi connectivity index (χ3v) is 3.47. The number of hydrogen-bond donors (Lipinski definition) is 2. The van der Waals surface area contributed by atoms with Crippen LogP contribution in [0.25, 0.3) is 22.0 Å². The zero-order chi connectivity index (χ0) is 15.0. The molecule has 0 fully saturated rings. The largest absolute Gasteiger partial charge is 0.398 e. The predicted octanol–water partition coefficient (Wildman–Crippen LogP) is 2.29. The fourth-order valence-corrected chi connectivity index (χ4v) is 2.47. The van der Waals surface area contributed by atoms with E-state index in [0.717, 1.165) is 11.1 Å². The molecule has 0 saturated heterocycles. The monoisotopic (exact) mass is 278 g/mol. The number of fused-ring (bicyclic) bond motifs is 1. The Morgan fingerprint density at radius 1 is 1.05 bits per heavy atom. The molecule has 2 aromatic carbocycles. The fraction of sp³-hybridized carbons (Fsp3) is 0.0625. The summed E-state index contributed by atoms with van der Waals surface area (Å²) in [5, 5.41) is 8.74. The summed E-state index contributed by atoms with van der Waals surface area (Å²) in [5.41, 5.74) is 15.4. The average Bonchev–Trinajstić information content (AvgIpc) is 2.47. The average molecular weight is 278 g/mol. The van der Waals surface area contributed by atoms with Crippen molar-refractivity contribution >= 4 is 22.5 Å². The van der Waals surface area contributed by atoms with Gasteiger partial charge in [-0.3, -0.25) is 4.79 Å². The van der Waals surface area contributed by atoms with Crippen molar-refractivity contribution in [2.75, 3.05) is 5.73 Å². The second-order valence-electron chi connectivity index (χ2n) is 4.84. The number of nitrogens with zero attached hydrogens (tertiary/aromatic N) is 2. The molecule has 0 aliphatic carbocycles. The van der Waals surface area contributed by atoms with E-state index in [-0.39, 0.29) is 5.69 Å². The Hall–Kier alpha value is -2.95. The number of nitrogen functional groups attached to an aromatic ring is 1. The number of aromatic nitrogens is 2. The van der Waals surface area contributed by atoms with E-state index in [9.17, 15) is 4.79 Å². The summed E-state index contributed by atoms with van der Waals surface area (Å²) >= 11 is 0. The topological polar surface area (TPSA) is 94.9 Å². The van der Waals surface area contributed by atoms with E-state index in [2.05, 4.69) is 10.2 Å². The smallest absolute Gasteiger partial charge is 0.269 e. The Balaban J connectivity index is 2.51. The van der Waals surface area contributed by atoms with Crippen molar-refractivity contribution in [3.63, 3.8) is 0 Å². The molecule has 0 atom stereocenters. The third kappa shape index (κ3) is 2.08. The van der Waals surface area contributed by atoms with E-state index < -0.39 is 5.91 Å². The number of carbonyl (C=O) groups is 1. The Kier molecular flexibility index (Phi) is 3.02. The summed E-state index contributed by atoms with van der Waals surface area (Å²) in [6.45, 7) is 1.96. The minimum atomic E-state index is -0.620. The number of rotatable bonds is 2. The van der Waals surface area contributed by atoms with Crippen molar-refractivity contribution in [1.82, 2.24) is 10.2 Å². The normalized spacial score (nSPS) is 10.7. The quantitative estimate of drug-likeness (QED) is 0.703. The molecule has 4 N–H and O–H groups in total. The van der Waals surface area contributed by atoms with Crippen molar-refractivity contribution in [2.45, 2.75) is 6.92 Å². The van der Waals surface area contributed by atoms with Gasteiger partial charge in [0.2, 0.25) is 0 Å². The van der Waals surface area contributed by atoms with Gasteiger partial charge in [0, 0.05) is 16.6 Å². The van der Waals surface area contributed by atoms with E-state index in [4.69, 9.17) is 11.5 Å². The molecular formula is C16H14N4O. The van der Waals surface area contributed by atoms with Crippen LogP contribution in [-0.2, 0) is 0 Å². The molecule has 0 unspecified atom stereocenters. The van der Waals surface area contributed by atoms with Crippen LogP contribution in [0.1, 0.15) is 16.1 Å². The number of benzene rings is 2. The maximum atomic E-state index is 11.7. The van der Waals surface area contributed by atoms with Gasteiger partial charge in [0.1, 0.15) is 0 Å². The maximum Gasteiger partial charge on any atom is 0.269 e. The summed E-state index contributed by atoms with van der Waals surface area (Å²) in [6, 6.07) is 13.1.